The zero-order valence-electron chi connectivity index (χ0n) is 74.8. The van der Waals surface area contributed by atoms with Crippen molar-refractivity contribution in [1.29, 1.82) is 0 Å². The highest BCUT2D eigenvalue weighted by Crippen LogP contribution is 2.22. The molecule has 1 atom stereocenters. The summed E-state index contributed by atoms with van der Waals surface area (Å²) in [5, 5.41) is 0. The molecule has 9 rings (SSSR count). The molecule has 2 aliphatic heterocycles. The second-order valence-electron chi connectivity index (χ2n) is 34.8. The van der Waals surface area contributed by atoms with Crippen LogP contribution in [0.15, 0.2) is 164 Å². The van der Waals surface area contributed by atoms with Gasteiger partial charge in [-0.15, -0.1) is 0 Å². The van der Waals surface area contributed by atoms with Crippen molar-refractivity contribution in [2.45, 2.75) is 285 Å². The van der Waals surface area contributed by atoms with Gasteiger partial charge in [-0.2, -0.15) is 0 Å². The van der Waals surface area contributed by atoms with Gasteiger partial charge in [-0.05, 0) is 289 Å². The first-order valence-electron chi connectivity index (χ1n) is 43.6. The minimum absolute atomic E-state index is 0. The SMILES string of the molecule is CC(C)CCCCc1ccccc1.CC(C)CCN1CCCCC1C.CC(C)CCN1CCOCC1.CC(C)CCc1cc(F)c(F)c(F)c1.CC(C)CCc1ccc(F)c(F)c1.CC(C)CCc1ccc(F)cc1.CC(C)CCc1ccccc1.CC(C)CCc1ccccc1F.COc1ccc(CCCCC(C)C)cc1.F. The number of benzene rings is 7. The van der Waals surface area contributed by atoms with Gasteiger partial charge in [0.1, 0.15) is 17.4 Å². The van der Waals surface area contributed by atoms with E-state index < -0.39 is 29.1 Å². The maximum absolute atomic E-state index is 13.0. The quantitative estimate of drug-likeness (QED) is 0.0238. The predicted molar refractivity (Wildman–Crippen MR) is 475 cm³/mol. The Balaban J connectivity index is 0.00000126. The van der Waals surface area contributed by atoms with Gasteiger partial charge in [-0.1, -0.05) is 266 Å². The van der Waals surface area contributed by atoms with Crippen molar-refractivity contribution in [3.05, 3.63) is 243 Å². The number of methoxy groups -OCH3 is 1. The van der Waals surface area contributed by atoms with Crippen molar-refractivity contribution in [2.24, 2.45) is 53.3 Å². The average molecular weight is 1600 g/mol. The number of ether oxygens (including phenoxy) is 2. The van der Waals surface area contributed by atoms with Crippen molar-refractivity contribution in [3.63, 3.8) is 0 Å². The number of aryl methyl sites for hydroxylation is 7. The molecular formula is C102H158F8N2O2. The maximum atomic E-state index is 13.0. The Hall–Kier alpha value is -6.34. The van der Waals surface area contributed by atoms with Gasteiger partial charge in [-0.3, -0.25) is 9.60 Å². The van der Waals surface area contributed by atoms with E-state index >= 15 is 0 Å². The van der Waals surface area contributed by atoms with E-state index in [2.05, 4.69) is 200 Å². The molecule has 1 unspecified atom stereocenters. The highest BCUT2D eigenvalue weighted by Gasteiger charge is 2.18. The molecule has 0 radical (unpaired) electrons. The fraction of sp³-hybridized carbons (Fsp3) is 0.588. The number of morpholine rings is 1. The summed E-state index contributed by atoms with van der Waals surface area (Å²) in [5.74, 6) is 2.21. The Bertz CT molecular complexity index is 3330. The molecule has 2 saturated heterocycles. The Kier molecular flexibility index (Phi) is 62.9. The van der Waals surface area contributed by atoms with Gasteiger partial charge in [0.15, 0.2) is 29.1 Å². The number of likely N-dealkylation sites (tertiary alicyclic amines) is 1. The number of nitrogens with zero attached hydrogens (tertiary/aromatic N) is 2. The minimum Gasteiger partial charge on any atom is -0.497 e. The first kappa shape index (κ1) is 108. The first-order valence-corrected chi connectivity index (χ1v) is 43.6. The van der Waals surface area contributed by atoms with Gasteiger partial charge in [0.25, 0.3) is 0 Å². The summed E-state index contributed by atoms with van der Waals surface area (Å²) in [6.45, 7) is 50.3. The van der Waals surface area contributed by atoms with Crippen LogP contribution in [0.2, 0.25) is 0 Å². The Morgan fingerprint density at radius 2 is 0.719 bits per heavy atom. The molecule has 0 aliphatic carbocycles. The van der Waals surface area contributed by atoms with E-state index in [0.717, 1.165) is 135 Å². The Morgan fingerprint density at radius 3 is 1.16 bits per heavy atom. The van der Waals surface area contributed by atoms with E-state index in [-0.39, 0.29) is 16.3 Å². The lowest BCUT2D eigenvalue weighted by atomic mass is 10.0. The average Bonchev–Trinajstić information content (AvgIpc) is 0.881. The van der Waals surface area contributed by atoms with Crippen molar-refractivity contribution in [3.8, 4) is 5.75 Å². The van der Waals surface area contributed by atoms with Crippen LogP contribution in [-0.4, -0.2) is 68.9 Å². The molecule has 644 valence electrons. The molecular weight excluding hydrogens is 1440 g/mol. The zero-order valence-corrected chi connectivity index (χ0v) is 74.8. The second kappa shape index (κ2) is 66.7. The summed E-state index contributed by atoms with van der Waals surface area (Å²) in [6.07, 6.45) is 27.3. The topological polar surface area (TPSA) is 24.9 Å². The van der Waals surface area contributed by atoms with Crippen LogP contribution in [0.1, 0.15) is 273 Å². The van der Waals surface area contributed by atoms with Gasteiger partial charge in [0, 0.05) is 19.1 Å². The molecule has 4 nitrogen and oxygen atoms in total. The summed E-state index contributed by atoms with van der Waals surface area (Å²) in [7, 11) is 1.71. The van der Waals surface area contributed by atoms with Crippen molar-refractivity contribution in [2.75, 3.05) is 53.0 Å². The minimum atomic E-state index is -1.39. The Morgan fingerprint density at radius 1 is 0.342 bits per heavy atom. The molecule has 0 spiro atoms. The summed E-state index contributed by atoms with van der Waals surface area (Å²) in [6, 6.07) is 50.7. The highest BCUT2D eigenvalue weighted by atomic mass is 19.2. The Labute approximate surface area is 691 Å². The van der Waals surface area contributed by atoms with Crippen LogP contribution in [0.4, 0.5) is 35.4 Å². The predicted octanol–water partition coefficient (Wildman–Crippen LogP) is 29.9. The van der Waals surface area contributed by atoms with Gasteiger partial charge < -0.3 is 14.4 Å². The molecule has 2 fully saturated rings. The van der Waals surface area contributed by atoms with Crippen LogP contribution in [0.3, 0.4) is 0 Å². The highest BCUT2D eigenvalue weighted by molar-refractivity contribution is 5.27. The molecule has 114 heavy (non-hydrogen) atoms. The lowest BCUT2D eigenvalue weighted by Gasteiger charge is -2.33. The van der Waals surface area contributed by atoms with E-state index in [9.17, 15) is 30.7 Å². The lowest BCUT2D eigenvalue weighted by Crippen LogP contribution is -2.38. The summed E-state index contributed by atoms with van der Waals surface area (Å²) < 4.78 is 99.2. The molecule has 7 aromatic rings. The van der Waals surface area contributed by atoms with Gasteiger partial charge in [-0.25, -0.2) is 30.7 Å². The molecule has 2 heterocycles. The standard InChI is InChI=1S/C14H22O.C13H20.C11H13F3.C11H14F2.2C11H15F.C11H23N.C11H16.C9H19NO.FH/c1-12(2)6-4-5-7-13-8-10-14(15-3)11-9-13;1-12(2)8-6-7-11-13-9-4-3-5-10-13;1-7(2)3-4-8-5-9(12)11(14)10(13)6-8;1-8(2)3-4-9-5-6-10(12)11(13)7-9;1-9(2)3-4-10-5-7-11(12)8-6-10;1-9(2)7-8-10-5-3-4-6-11(10)12;1-10(2)7-9-12-8-5-4-6-11(12)3;1-10(2)8-9-11-6-4-3-5-7-11;1-9(2)3-4-10-5-7-11-8-6-10;/h8-12H,4-7H2,1-3H3;3-5,9-10,12H,6-8,11H2,1-2H3;5-7H,3-4H2,1-2H3;5-8H,3-4H2,1-2H3;5-9H,3-4H2,1-2H3;3-6,9H,7-8H2,1-2H3;10-11H,4-9H2,1-3H3;3-7,10H,8-9H2,1-2H3;9H,3-8H2,1-2H3;1H. The normalized spacial score (nSPS) is 13.3. The van der Waals surface area contributed by atoms with E-state index in [0.29, 0.717) is 29.7 Å². The van der Waals surface area contributed by atoms with Gasteiger partial charge in [0.2, 0.25) is 0 Å². The van der Waals surface area contributed by atoms with E-state index in [1.807, 2.05) is 50.2 Å². The number of rotatable bonds is 32. The molecule has 0 saturated carbocycles. The fourth-order valence-electron chi connectivity index (χ4n) is 12.1. The molecule has 0 N–H and O–H groups in total. The van der Waals surface area contributed by atoms with Crippen LogP contribution in [-0.2, 0) is 49.7 Å². The molecule has 0 aromatic heterocycles. The number of hydrogen-bond acceptors (Lipinski definition) is 4. The van der Waals surface area contributed by atoms with Crippen LogP contribution in [0.25, 0.3) is 0 Å². The van der Waals surface area contributed by atoms with Crippen LogP contribution >= 0.6 is 0 Å². The molecule has 0 bridgehead atoms. The summed E-state index contributed by atoms with van der Waals surface area (Å²) in [4.78, 5) is 5.15. The number of halogens is 8. The molecule has 2 aliphatic rings. The molecule has 12 heteroatoms. The number of piperidine rings is 1. The van der Waals surface area contributed by atoms with E-state index in [1.165, 1.54) is 175 Å². The third kappa shape index (κ3) is 59.3. The largest absolute Gasteiger partial charge is 0.497 e. The summed E-state index contributed by atoms with van der Waals surface area (Å²) >= 11 is 0. The van der Waals surface area contributed by atoms with Crippen molar-refractivity contribution in [1.82, 2.24) is 9.80 Å². The maximum Gasteiger partial charge on any atom is 0.194 e. The molecule has 0 amide bonds. The summed E-state index contributed by atoms with van der Waals surface area (Å²) in [5.41, 5.74) is 7.80. The lowest BCUT2D eigenvalue weighted by molar-refractivity contribution is 0.0360. The monoisotopic (exact) mass is 1600 g/mol. The van der Waals surface area contributed by atoms with Crippen molar-refractivity contribution < 1.29 is 44.9 Å². The van der Waals surface area contributed by atoms with Gasteiger partial charge in [0.05, 0.1) is 20.3 Å². The van der Waals surface area contributed by atoms with Crippen LogP contribution < -0.4 is 4.74 Å². The van der Waals surface area contributed by atoms with E-state index in [1.54, 1.807) is 19.2 Å². The third-order valence-electron chi connectivity index (χ3n) is 19.8. The zero-order chi connectivity index (χ0) is 84.3. The molecule has 7 aromatic carbocycles. The number of hydrogen-bond donors (Lipinski definition) is 0. The second-order valence-corrected chi connectivity index (χ2v) is 34.8. The van der Waals surface area contributed by atoms with Gasteiger partial charge >= 0.3 is 0 Å². The van der Waals surface area contributed by atoms with Crippen molar-refractivity contribution >= 4 is 0 Å². The van der Waals surface area contributed by atoms with E-state index in [4.69, 9.17) is 9.47 Å². The third-order valence-corrected chi connectivity index (χ3v) is 19.8. The van der Waals surface area contributed by atoms with Crippen LogP contribution in [0.5, 0.6) is 5.75 Å². The smallest absolute Gasteiger partial charge is 0.194 e. The number of unbranched alkanes of at least 4 members (excludes halogenated alkanes) is 2. The first-order chi connectivity index (χ1) is 53.8. The van der Waals surface area contributed by atoms with Crippen LogP contribution in [0, 0.1) is 94.0 Å². The fourth-order valence-corrected chi connectivity index (χ4v) is 12.1.